The zero-order chi connectivity index (χ0) is 18.4. The second-order valence-electron chi connectivity index (χ2n) is 5.47. The van der Waals surface area contributed by atoms with Gasteiger partial charge in [-0.1, -0.05) is 35.3 Å². The van der Waals surface area contributed by atoms with E-state index in [2.05, 4.69) is 25.8 Å². The van der Waals surface area contributed by atoms with Crippen molar-refractivity contribution in [3.8, 4) is 5.75 Å². The van der Waals surface area contributed by atoms with Gasteiger partial charge in [-0.05, 0) is 42.3 Å². The normalized spacial score (nSPS) is 10.4. The molecule has 2 N–H and O–H groups in total. The van der Waals surface area contributed by atoms with Gasteiger partial charge in [0, 0.05) is 22.3 Å². The molecule has 0 saturated carbocycles. The van der Waals surface area contributed by atoms with Crippen molar-refractivity contribution >= 4 is 40.7 Å². The van der Waals surface area contributed by atoms with Crippen LogP contribution in [0.2, 0.25) is 10.0 Å². The quantitative estimate of drug-likeness (QED) is 0.615. The molecule has 0 radical (unpaired) electrons. The summed E-state index contributed by atoms with van der Waals surface area (Å²) >= 11 is 12.0. The van der Waals surface area contributed by atoms with E-state index in [4.69, 9.17) is 27.9 Å². The van der Waals surface area contributed by atoms with Crippen molar-refractivity contribution in [2.24, 2.45) is 0 Å². The van der Waals surface area contributed by atoms with Crippen LogP contribution in [0.1, 0.15) is 5.56 Å². The third kappa shape index (κ3) is 5.21. The topological polar surface area (TPSA) is 72.0 Å². The largest absolute Gasteiger partial charge is 0.497 e. The minimum atomic E-state index is 0.359. The van der Waals surface area contributed by atoms with Crippen molar-refractivity contribution in [3.05, 3.63) is 64.3 Å². The summed E-state index contributed by atoms with van der Waals surface area (Å²) in [4.78, 5) is 4.38. The van der Waals surface area contributed by atoms with Crippen molar-refractivity contribution in [1.29, 1.82) is 0 Å². The maximum Gasteiger partial charge on any atom is 0.249 e. The molecule has 0 spiro atoms. The van der Waals surface area contributed by atoms with E-state index in [0.717, 1.165) is 12.2 Å². The molecule has 0 aliphatic rings. The Balaban J connectivity index is 1.58. The van der Waals surface area contributed by atoms with Gasteiger partial charge in [0.05, 0.1) is 13.3 Å². The van der Waals surface area contributed by atoms with Gasteiger partial charge in [0.15, 0.2) is 5.82 Å². The van der Waals surface area contributed by atoms with Gasteiger partial charge in [0.25, 0.3) is 0 Å². The molecule has 3 aromatic rings. The monoisotopic (exact) mass is 389 g/mol. The molecule has 26 heavy (non-hydrogen) atoms. The summed E-state index contributed by atoms with van der Waals surface area (Å²) in [5.74, 6) is 1.83. The molecule has 0 fully saturated rings. The van der Waals surface area contributed by atoms with E-state index in [1.165, 1.54) is 5.56 Å². The SMILES string of the molecule is COc1ccc(CCNc2cnnc(Nc3cc(Cl)cc(Cl)c3)n2)cc1. The van der Waals surface area contributed by atoms with Gasteiger partial charge in [-0.2, -0.15) is 10.1 Å². The summed E-state index contributed by atoms with van der Waals surface area (Å²) in [7, 11) is 1.65. The minimum Gasteiger partial charge on any atom is -0.497 e. The molecule has 8 heteroatoms. The zero-order valence-electron chi connectivity index (χ0n) is 14.0. The third-order valence-corrected chi connectivity index (χ3v) is 3.99. The highest BCUT2D eigenvalue weighted by molar-refractivity contribution is 6.35. The molecule has 0 amide bonds. The third-order valence-electron chi connectivity index (χ3n) is 3.56. The smallest absolute Gasteiger partial charge is 0.249 e. The van der Waals surface area contributed by atoms with Gasteiger partial charge in [-0.3, -0.25) is 0 Å². The van der Waals surface area contributed by atoms with E-state index in [9.17, 15) is 0 Å². The summed E-state index contributed by atoms with van der Waals surface area (Å²) < 4.78 is 5.16. The molecule has 0 saturated heterocycles. The summed E-state index contributed by atoms with van der Waals surface area (Å²) in [6.45, 7) is 0.716. The van der Waals surface area contributed by atoms with Crippen LogP contribution in [0, 0.1) is 0 Å². The van der Waals surface area contributed by atoms with E-state index in [0.29, 0.717) is 34.0 Å². The molecule has 3 rings (SSSR count). The number of hydrogen-bond donors (Lipinski definition) is 2. The Bertz CT molecular complexity index is 853. The first-order chi connectivity index (χ1) is 12.6. The molecule has 0 unspecified atom stereocenters. The summed E-state index contributed by atoms with van der Waals surface area (Å²) in [6.07, 6.45) is 2.42. The van der Waals surface area contributed by atoms with Crippen LogP contribution in [0.25, 0.3) is 0 Å². The predicted octanol–water partition coefficient (Wildman–Crippen LogP) is 4.59. The number of methoxy groups -OCH3 is 1. The van der Waals surface area contributed by atoms with Gasteiger partial charge in [0.1, 0.15) is 5.75 Å². The van der Waals surface area contributed by atoms with Gasteiger partial charge in [0.2, 0.25) is 5.95 Å². The molecule has 6 nitrogen and oxygen atoms in total. The van der Waals surface area contributed by atoms with E-state index < -0.39 is 0 Å². The van der Waals surface area contributed by atoms with Crippen LogP contribution < -0.4 is 15.4 Å². The number of rotatable bonds is 7. The Labute approximate surface area is 161 Å². The molecule has 1 heterocycles. The van der Waals surface area contributed by atoms with Gasteiger partial charge in [-0.25, -0.2) is 0 Å². The molecule has 0 aliphatic heterocycles. The van der Waals surface area contributed by atoms with Gasteiger partial charge >= 0.3 is 0 Å². The minimum absolute atomic E-state index is 0.359. The fourth-order valence-electron chi connectivity index (χ4n) is 2.32. The molecule has 134 valence electrons. The first-order valence-corrected chi connectivity index (χ1v) is 8.67. The first-order valence-electron chi connectivity index (χ1n) is 7.92. The van der Waals surface area contributed by atoms with Gasteiger partial charge in [-0.15, -0.1) is 5.10 Å². The van der Waals surface area contributed by atoms with Crippen LogP contribution in [0.3, 0.4) is 0 Å². The zero-order valence-corrected chi connectivity index (χ0v) is 15.6. The fourth-order valence-corrected chi connectivity index (χ4v) is 2.85. The average molecular weight is 390 g/mol. The number of anilines is 3. The lowest BCUT2D eigenvalue weighted by atomic mass is 10.1. The number of ether oxygens (including phenoxy) is 1. The number of aromatic nitrogens is 3. The molecule has 0 aliphatic carbocycles. The van der Waals surface area contributed by atoms with Crippen LogP contribution in [0.15, 0.2) is 48.7 Å². The van der Waals surface area contributed by atoms with E-state index in [-0.39, 0.29) is 0 Å². The molecule has 0 atom stereocenters. The number of benzene rings is 2. The lowest BCUT2D eigenvalue weighted by molar-refractivity contribution is 0.414. The summed E-state index contributed by atoms with van der Waals surface area (Å²) in [5.41, 5.74) is 1.90. The number of nitrogens with zero attached hydrogens (tertiary/aromatic N) is 3. The fraction of sp³-hybridized carbons (Fsp3) is 0.167. The van der Waals surface area contributed by atoms with Crippen molar-refractivity contribution in [1.82, 2.24) is 15.2 Å². The molecule has 2 aromatic carbocycles. The Morgan fingerprint density at radius 2 is 1.77 bits per heavy atom. The second-order valence-corrected chi connectivity index (χ2v) is 6.35. The van der Waals surface area contributed by atoms with Crippen LogP contribution in [0.5, 0.6) is 5.75 Å². The van der Waals surface area contributed by atoms with Crippen molar-refractivity contribution in [2.45, 2.75) is 6.42 Å². The van der Waals surface area contributed by atoms with Crippen LogP contribution in [-0.4, -0.2) is 28.8 Å². The Hall–Kier alpha value is -2.57. The maximum atomic E-state index is 5.99. The predicted molar refractivity (Wildman–Crippen MR) is 105 cm³/mol. The Morgan fingerprint density at radius 1 is 1.04 bits per heavy atom. The second kappa shape index (κ2) is 8.69. The number of halogens is 2. The molecule has 0 bridgehead atoms. The van der Waals surface area contributed by atoms with Crippen LogP contribution in [-0.2, 0) is 6.42 Å². The summed E-state index contributed by atoms with van der Waals surface area (Å²) in [6, 6.07) is 13.1. The highest BCUT2D eigenvalue weighted by atomic mass is 35.5. The van der Waals surface area contributed by atoms with E-state index in [1.807, 2.05) is 24.3 Å². The molecular formula is C18H17Cl2N5O. The van der Waals surface area contributed by atoms with Crippen molar-refractivity contribution < 1.29 is 4.74 Å². The standard InChI is InChI=1S/C18H17Cl2N5O/c1-26-16-4-2-12(3-5-16)6-7-21-17-11-22-25-18(24-17)23-15-9-13(19)8-14(20)10-15/h2-5,8-11H,6-7H2,1H3,(H2,21,23,24,25). The van der Waals surface area contributed by atoms with Crippen molar-refractivity contribution in [2.75, 3.05) is 24.3 Å². The molecular weight excluding hydrogens is 373 g/mol. The number of hydrogen-bond acceptors (Lipinski definition) is 6. The average Bonchev–Trinajstić information content (AvgIpc) is 2.62. The lowest BCUT2D eigenvalue weighted by Crippen LogP contribution is -2.08. The van der Waals surface area contributed by atoms with Gasteiger partial charge < -0.3 is 15.4 Å². The van der Waals surface area contributed by atoms with Crippen LogP contribution >= 0.6 is 23.2 Å². The van der Waals surface area contributed by atoms with E-state index in [1.54, 1.807) is 31.5 Å². The highest BCUT2D eigenvalue weighted by Crippen LogP contribution is 2.24. The van der Waals surface area contributed by atoms with E-state index >= 15 is 0 Å². The Kier molecular flexibility index (Phi) is 6.09. The van der Waals surface area contributed by atoms with Crippen molar-refractivity contribution in [3.63, 3.8) is 0 Å². The number of nitrogens with one attached hydrogen (secondary N) is 2. The molecule has 1 aromatic heterocycles. The first kappa shape index (κ1) is 18.2. The highest BCUT2D eigenvalue weighted by Gasteiger charge is 2.04. The summed E-state index contributed by atoms with van der Waals surface area (Å²) in [5, 5.41) is 15.3. The Morgan fingerprint density at radius 3 is 2.46 bits per heavy atom. The maximum absolute atomic E-state index is 5.99. The van der Waals surface area contributed by atoms with Crippen LogP contribution in [0.4, 0.5) is 17.5 Å². The lowest BCUT2D eigenvalue weighted by Gasteiger charge is -2.08.